The molecule has 224 valence electrons. The van der Waals surface area contributed by atoms with Crippen LogP contribution in [0.4, 0.5) is 14.6 Å². The van der Waals surface area contributed by atoms with Crippen molar-refractivity contribution in [2.24, 2.45) is 0 Å². The lowest BCUT2D eigenvalue weighted by atomic mass is 10.1. The number of rotatable bonds is 10. The van der Waals surface area contributed by atoms with Crippen LogP contribution in [0.1, 0.15) is 59.1 Å². The topological polar surface area (TPSA) is 121 Å². The predicted octanol–water partition coefficient (Wildman–Crippen LogP) is 5.55. The van der Waals surface area contributed by atoms with Gasteiger partial charge in [-0.2, -0.15) is 0 Å². The van der Waals surface area contributed by atoms with Crippen LogP contribution >= 0.6 is 0 Å². The van der Waals surface area contributed by atoms with E-state index in [9.17, 15) is 26.8 Å². The van der Waals surface area contributed by atoms with Gasteiger partial charge in [-0.25, -0.2) is 27.0 Å². The fraction of sp³-hybridized carbons (Fsp3) is 0.367. The molecule has 0 spiro atoms. The molecule has 3 aromatic rings. The molecule has 1 N–H and O–H groups in total. The summed E-state index contributed by atoms with van der Waals surface area (Å²) in [5, 5.41) is 2.15. The van der Waals surface area contributed by atoms with Crippen LogP contribution in [-0.2, 0) is 24.2 Å². The fourth-order valence-corrected chi connectivity index (χ4v) is 5.47. The van der Waals surface area contributed by atoms with E-state index in [1.165, 1.54) is 42.6 Å². The highest BCUT2D eigenvalue weighted by Gasteiger charge is 2.37. The van der Waals surface area contributed by atoms with E-state index in [0.717, 1.165) is 12.1 Å². The van der Waals surface area contributed by atoms with Crippen LogP contribution in [0, 0.1) is 11.6 Å². The van der Waals surface area contributed by atoms with Gasteiger partial charge in [0.05, 0.1) is 16.3 Å². The molecule has 1 fully saturated rings. The number of carbonyl (C=O) groups excluding carboxylic acids is 2. The van der Waals surface area contributed by atoms with Gasteiger partial charge in [0, 0.05) is 11.6 Å². The minimum Gasteiger partial charge on any atom is -0.475 e. The first-order chi connectivity index (χ1) is 19.5. The number of sulfone groups is 1. The van der Waals surface area contributed by atoms with Crippen molar-refractivity contribution in [3.8, 4) is 11.5 Å². The van der Waals surface area contributed by atoms with Crippen LogP contribution in [-0.4, -0.2) is 41.7 Å². The van der Waals surface area contributed by atoms with Crippen LogP contribution in [0.3, 0.4) is 0 Å². The van der Waals surface area contributed by atoms with Crippen molar-refractivity contribution >= 4 is 27.5 Å². The molecular weight excluding hydrogens is 570 g/mol. The molecule has 1 aromatic heterocycles. The number of amides is 1. The Bertz CT molecular complexity index is 1560. The molecule has 1 amide bonds. The average molecular weight is 603 g/mol. The highest BCUT2D eigenvalue weighted by Crippen LogP contribution is 2.34. The normalized spacial score (nSPS) is 14.5. The second-order valence-electron chi connectivity index (χ2n) is 11.4. The Balaban J connectivity index is 1.53. The maximum absolute atomic E-state index is 14.4. The summed E-state index contributed by atoms with van der Waals surface area (Å²) in [4.78, 5) is 30.1. The van der Waals surface area contributed by atoms with Crippen molar-refractivity contribution in [2.75, 3.05) is 5.32 Å². The van der Waals surface area contributed by atoms with Crippen molar-refractivity contribution in [2.45, 2.75) is 74.9 Å². The number of nitrogens with zero attached hydrogens (tertiary/aromatic N) is 1. The van der Waals surface area contributed by atoms with Gasteiger partial charge in [-0.05, 0) is 83.9 Å². The van der Waals surface area contributed by atoms with Crippen LogP contribution in [0.15, 0.2) is 65.7 Å². The van der Waals surface area contributed by atoms with Crippen LogP contribution in [0.25, 0.3) is 0 Å². The number of pyridine rings is 1. The van der Waals surface area contributed by atoms with Gasteiger partial charge in [-0.15, -0.1) is 0 Å². The van der Waals surface area contributed by atoms with Gasteiger partial charge in [0.15, 0.2) is 27.0 Å². The van der Waals surface area contributed by atoms with E-state index in [4.69, 9.17) is 14.2 Å². The van der Waals surface area contributed by atoms with Gasteiger partial charge in [0.2, 0.25) is 6.10 Å². The standard InChI is InChI=1S/C30H32F2N2O7S/c1-29(2,3)41-28(36)30(4,5)40-20-9-15-25(33-17-20)34-27(35)26(39-24-14-8-19(31)16-23(24)32)18-6-10-21(11-7-18)42(37,38)22-12-13-22/h6-11,14-17,22,26H,12-13H2,1-5H3,(H,33,34,35). The lowest BCUT2D eigenvalue weighted by Gasteiger charge is -2.29. The number of ether oxygens (including phenoxy) is 3. The third-order valence-corrected chi connectivity index (χ3v) is 8.38. The number of anilines is 1. The Morgan fingerprint density at radius 2 is 1.64 bits per heavy atom. The summed E-state index contributed by atoms with van der Waals surface area (Å²) in [6.07, 6.45) is 1.04. The number of hydrogen-bond donors (Lipinski definition) is 1. The van der Waals surface area contributed by atoms with Crippen molar-refractivity contribution in [3.05, 3.63) is 78.0 Å². The second-order valence-corrected chi connectivity index (χ2v) is 13.6. The number of halogens is 2. The first kappa shape index (κ1) is 30.9. The van der Waals surface area contributed by atoms with E-state index in [2.05, 4.69) is 10.3 Å². The van der Waals surface area contributed by atoms with Gasteiger partial charge in [-0.3, -0.25) is 4.79 Å². The maximum atomic E-state index is 14.4. The van der Waals surface area contributed by atoms with E-state index in [0.29, 0.717) is 18.9 Å². The van der Waals surface area contributed by atoms with Gasteiger partial charge >= 0.3 is 5.97 Å². The van der Waals surface area contributed by atoms with E-state index in [1.54, 1.807) is 34.6 Å². The Kier molecular flexibility index (Phi) is 8.58. The van der Waals surface area contributed by atoms with Crippen LogP contribution in [0.5, 0.6) is 11.5 Å². The van der Waals surface area contributed by atoms with Crippen molar-refractivity contribution in [1.29, 1.82) is 0 Å². The van der Waals surface area contributed by atoms with Gasteiger partial charge < -0.3 is 19.5 Å². The Labute approximate surface area is 243 Å². The zero-order chi connectivity index (χ0) is 30.9. The first-order valence-corrected chi connectivity index (χ1v) is 14.7. The zero-order valence-corrected chi connectivity index (χ0v) is 24.6. The van der Waals surface area contributed by atoms with Gasteiger partial charge in [-0.1, -0.05) is 12.1 Å². The third-order valence-electron chi connectivity index (χ3n) is 6.10. The molecule has 0 bridgehead atoms. The van der Waals surface area contributed by atoms with Crippen LogP contribution in [0.2, 0.25) is 0 Å². The van der Waals surface area contributed by atoms with Crippen molar-refractivity contribution in [1.82, 2.24) is 4.98 Å². The maximum Gasteiger partial charge on any atom is 0.350 e. The van der Waals surface area contributed by atoms with E-state index >= 15 is 0 Å². The summed E-state index contributed by atoms with van der Waals surface area (Å²) in [5.41, 5.74) is -1.80. The minimum atomic E-state index is -3.47. The Hall–Kier alpha value is -4.06. The molecule has 1 atom stereocenters. The number of aromatic nitrogens is 1. The van der Waals surface area contributed by atoms with Crippen molar-refractivity contribution in [3.63, 3.8) is 0 Å². The third kappa shape index (κ3) is 7.61. The molecule has 4 rings (SSSR count). The quantitative estimate of drug-likeness (QED) is 0.300. The second kappa shape index (κ2) is 11.7. The summed E-state index contributed by atoms with van der Waals surface area (Å²) >= 11 is 0. The molecule has 1 unspecified atom stereocenters. The largest absolute Gasteiger partial charge is 0.475 e. The lowest BCUT2D eigenvalue weighted by molar-refractivity contribution is -0.170. The predicted molar refractivity (Wildman–Crippen MR) is 150 cm³/mol. The summed E-state index contributed by atoms with van der Waals surface area (Å²) < 4.78 is 69.9. The highest BCUT2D eigenvalue weighted by atomic mass is 32.2. The van der Waals surface area contributed by atoms with Crippen molar-refractivity contribution < 1.29 is 41.0 Å². The Morgan fingerprint density at radius 1 is 0.976 bits per heavy atom. The summed E-state index contributed by atoms with van der Waals surface area (Å²) in [7, 11) is -3.47. The molecule has 12 heteroatoms. The van der Waals surface area contributed by atoms with E-state index in [-0.39, 0.29) is 27.8 Å². The summed E-state index contributed by atoms with van der Waals surface area (Å²) in [6.45, 7) is 8.33. The number of benzene rings is 2. The number of nitrogens with one attached hydrogen (secondary N) is 1. The highest BCUT2D eigenvalue weighted by molar-refractivity contribution is 7.92. The SMILES string of the molecule is CC(C)(C)OC(=O)C(C)(C)Oc1ccc(NC(=O)C(Oc2ccc(F)cc2F)c2ccc(S(=O)(=O)C3CC3)cc2)nc1. The molecule has 0 radical (unpaired) electrons. The lowest BCUT2D eigenvalue weighted by Crippen LogP contribution is -2.43. The fourth-order valence-electron chi connectivity index (χ4n) is 3.82. The number of hydrogen-bond acceptors (Lipinski definition) is 8. The molecule has 1 aliphatic rings. The monoisotopic (exact) mass is 602 g/mol. The molecule has 9 nitrogen and oxygen atoms in total. The Morgan fingerprint density at radius 3 is 2.19 bits per heavy atom. The van der Waals surface area contributed by atoms with Crippen LogP contribution < -0.4 is 14.8 Å². The molecule has 2 aromatic carbocycles. The van der Waals surface area contributed by atoms with E-state index < -0.39 is 55.9 Å². The smallest absolute Gasteiger partial charge is 0.350 e. The number of esters is 1. The summed E-state index contributed by atoms with van der Waals surface area (Å²) in [6, 6.07) is 11.1. The van der Waals surface area contributed by atoms with E-state index in [1.807, 2.05) is 0 Å². The van der Waals surface area contributed by atoms with Gasteiger partial charge in [0.25, 0.3) is 5.91 Å². The van der Waals surface area contributed by atoms with Gasteiger partial charge in [0.1, 0.15) is 23.0 Å². The molecule has 42 heavy (non-hydrogen) atoms. The summed E-state index contributed by atoms with van der Waals surface area (Å²) in [5.74, 6) is -3.23. The molecular formula is C30H32F2N2O7S. The molecule has 1 heterocycles. The number of carbonyl (C=O) groups is 2. The zero-order valence-electron chi connectivity index (χ0n) is 23.8. The minimum absolute atomic E-state index is 0.0866. The molecule has 1 saturated carbocycles. The molecule has 1 aliphatic carbocycles. The first-order valence-electron chi connectivity index (χ1n) is 13.2. The molecule has 0 aliphatic heterocycles. The average Bonchev–Trinajstić information content (AvgIpc) is 3.75. The molecule has 0 saturated heterocycles.